The normalized spacial score (nSPS) is 20.1. The van der Waals surface area contributed by atoms with Gasteiger partial charge in [0.05, 0.1) is 0 Å². The van der Waals surface area contributed by atoms with E-state index in [1.165, 1.54) is 25.9 Å². The predicted octanol–water partition coefficient (Wildman–Crippen LogP) is 2.79. The van der Waals surface area contributed by atoms with Crippen LogP contribution in [0.15, 0.2) is 0 Å². The van der Waals surface area contributed by atoms with Gasteiger partial charge in [0.25, 0.3) is 0 Å². The molecule has 3 nitrogen and oxygen atoms in total. The average molecular weight is 250 g/mol. The molecule has 1 aliphatic rings. The molecule has 0 atom stereocenters. The summed E-state index contributed by atoms with van der Waals surface area (Å²) < 4.78 is 0. The molecule has 1 heterocycles. The second-order valence-corrected chi connectivity index (χ2v) is 5.36. The summed E-state index contributed by atoms with van der Waals surface area (Å²) in [5.41, 5.74) is 0.511. The van der Waals surface area contributed by atoms with Gasteiger partial charge in [-0.2, -0.15) is 0 Å². The van der Waals surface area contributed by atoms with Crippen molar-refractivity contribution in [3.8, 4) is 0 Å². The van der Waals surface area contributed by atoms with Crippen LogP contribution in [0.3, 0.4) is 0 Å². The Morgan fingerprint density at radius 3 is 2.31 bits per heavy atom. The van der Waals surface area contributed by atoms with Crippen molar-refractivity contribution in [2.75, 3.05) is 19.6 Å². The van der Waals surface area contributed by atoms with Gasteiger partial charge in [-0.25, -0.2) is 0 Å². The monoisotopic (exact) mass is 249 g/mol. The van der Waals surface area contributed by atoms with Crippen molar-refractivity contribution in [2.24, 2.45) is 5.41 Å². The lowest BCUT2D eigenvalue weighted by molar-refractivity contribution is -0.137. The predicted molar refractivity (Wildman–Crippen MR) is 68.2 cm³/mol. The highest BCUT2D eigenvalue weighted by Crippen LogP contribution is 2.29. The third-order valence-electron chi connectivity index (χ3n) is 3.32. The maximum atomic E-state index is 10.3. The first-order chi connectivity index (χ1) is 6.99. The molecule has 0 aromatic rings. The summed E-state index contributed by atoms with van der Waals surface area (Å²) in [5.74, 6) is -0.672. The lowest BCUT2D eigenvalue weighted by atomic mass is 9.82. The first-order valence-electron chi connectivity index (χ1n) is 5.94. The lowest BCUT2D eigenvalue weighted by Gasteiger charge is -2.36. The molecule has 0 aliphatic carbocycles. The molecule has 96 valence electrons. The molecule has 0 bridgehead atoms. The molecule has 0 amide bonds. The van der Waals surface area contributed by atoms with Gasteiger partial charge in [-0.15, -0.1) is 12.4 Å². The number of nitrogens with zero attached hydrogens (tertiary/aromatic N) is 1. The van der Waals surface area contributed by atoms with Gasteiger partial charge in [-0.05, 0) is 50.7 Å². The molecular formula is C12H24ClNO2. The van der Waals surface area contributed by atoms with Crippen LogP contribution in [0.5, 0.6) is 0 Å². The number of rotatable bonds is 5. The van der Waals surface area contributed by atoms with Crippen molar-refractivity contribution >= 4 is 18.4 Å². The molecule has 0 saturated carbocycles. The van der Waals surface area contributed by atoms with E-state index in [0.29, 0.717) is 11.8 Å². The van der Waals surface area contributed by atoms with Crippen molar-refractivity contribution in [1.82, 2.24) is 4.90 Å². The minimum atomic E-state index is -0.672. The number of carboxylic acids is 1. The van der Waals surface area contributed by atoms with Crippen molar-refractivity contribution in [1.29, 1.82) is 0 Å². The summed E-state index contributed by atoms with van der Waals surface area (Å²) in [7, 11) is 0. The molecule has 4 heteroatoms. The molecule has 0 radical (unpaired) electrons. The van der Waals surface area contributed by atoms with Gasteiger partial charge >= 0.3 is 5.97 Å². The first-order valence-corrected chi connectivity index (χ1v) is 5.94. The molecule has 1 N–H and O–H groups in total. The number of unbranched alkanes of at least 4 members (excludes halogenated alkanes) is 1. The topological polar surface area (TPSA) is 40.5 Å². The fourth-order valence-electron chi connectivity index (χ4n) is 1.99. The standard InChI is InChI=1S/C12H23NO2.ClH/c1-12(2)6-9-13(10-7-12)8-4-3-5-11(14)15;/h3-10H2,1-2H3,(H,14,15);1H. The van der Waals surface area contributed by atoms with Gasteiger partial charge in [-0.3, -0.25) is 4.79 Å². The van der Waals surface area contributed by atoms with Crippen LogP contribution in [0.2, 0.25) is 0 Å². The highest BCUT2D eigenvalue weighted by molar-refractivity contribution is 5.85. The van der Waals surface area contributed by atoms with E-state index in [1.807, 2.05) is 0 Å². The fraction of sp³-hybridized carbons (Fsp3) is 0.917. The third-order valence-corrected chi connectivity index (χ3v) is 3.32. The van der Waals surface area contributed by atoms with Gasteiger partial charge in [0, 0.05) is 6.42 Å². The molecule has 1 rings (SSSR count). The maximum absolute atomic E-state index is 10.3. The van der Waals surface area contributed by atoms with E-state index < -0.39 is 5.97 Å². The summed E-state index contributed by atoms with van der Waals surface area (Å²) in [6, 6.07) is 0. The molecule has 0 spiro atoms. The zero-order chi connectivity index (χ0) is 11.3. The van der Waals surface area contributed by atoms with E-state index in [-0.39, 0.29) is 12.4 Å². The van der Waals surface area contributed by atoms with E-state index in [0.717, 1.165) is 19.4 Å². The first kappa shape index (κ1) is 15.7. The van der Waals surface area contributed by atoms with E-state index in [1.54, 1.807) is 0 Å². The fourth-order valence-corrected chi connectivity index (χ4v) is 1.99. The largest absolute Gasteiger partial charge is 0.481 e. The van der Waals surface area contributed by atoms with Crippen LogP contribution in [0.25, 0.3) is 0 Å². The summed E-state index contributed by atoms with van der Waals surface area (Å²) >= 11 is 0. The second-order valence-electron chi connectivity index (χ2n) is 5.36. The molecule has 1 aliphatic heterocycles. The highest BCUT2D eigenvalue weighted by Gasteiger charge is 2.24. The number of hydrogen-bond donors (Lipinski definition) is 1. The Morgan fingerprint density at radius 1 is 1.25 bits per heavy atom. The van der Waals surface area contributed by atoms with Crippen molar-refractivity contribution < 1.29 is 9.90 Å². The van der Waals surface area contributed by atoms with Crippen LogP contribution in [-0.2, 0) is 4.79 Å². The van der Waals surface area contributed by atoms with Gasteiger partial charge in [-0.1, -0.05) is 13.8 Å². The van der Waals surface area contributed by atoms with Gasteiger partial charge in [0.2, 0.25) is 0 Å². The Morgan fingerprint density at radius 2 is 1.81 bits per heavy atom. The van der Waals surface area contributed by atoms with Crippen LogP contribution in [0.1, 0.15) is 46.0 Å². The Bertz CT molecular complexity index is 209. The van der Waals surface area contributed by atoms with E-state index >= 15 is 0 Å². The van der Waals surface area contributed by atoms with Gasteiger partial charge in [0.1, 0.15) is 0 Å². The van der Waals surface area contributed by atoms with E-state index in [9.17, 15) is 4.79 Å². The SMILES string of the molecule is CC1(C)CCN(CCCCC(=O)O)CC1.Cl. The van der Waals surface area contributed by atoms with E-state index in [4.69, 9.17) is 5.11 Å². The Balaban J connectivity index is 0.00000225. The van der Waals surface area contributed by atoms with Gasteiger partial charge in [0.15, 0.2) is 0 Å². The minimum Gasteiger partial charge on any atom is -0.481 e. The number of aliphatic carboxylic acids is 1. The Labute approximate surface area is 105 Å². The van der Waals surface area contributed by atoms with Gasteiger partial charge < -0.3 is 10.0 Å². The summed E-state index contributed by atoms with van der Waals surface area (Å²) in [6.45, 7) is 8.09. The Kier molecular flexibility index (Phi) is 7.00. The molecule has 0 aromatic heterocycles. The number of carboxylic acid groups (broad SMARTS) is 1. The molecule has 16 heavy (non-hydrogen) atoms. The molecule has 0 aromatic carbocycles. The van der Waals surface area contributed by atoms with Crippen molar-refractivity contribution in [2.45, 2.75) is 46.0 Å². The molecular weight excluding hydrogens is 226 g/mol. The number of carbonyl (C=O) groups is 1. The van der Waals surface area contributed by atoms with Crippen LogP contribution in [0.4, 0.5) is 0 Å². The Hall–Kier alpha value is -0.280. The second kappa shape index (κ2) is 7.13. The van der Waals surface area contributed by atoms with Crippen molar-refractivity contribution in [3.05, 3.63) is 0 Å². The highest BCUT2D eigenvalue weighted by atomic mass is 35.5. The van der Waals surface area contributed by atoms with Crippen LogP contribution in [-0.4, -0.2) is 35.6 Å². The number of halogens is 1. The molecule has 1 fully saturated rings. The quantitative estimate of drug-likeness (QED) is 0.762. The third kappa shape index (κ3) is 6.33. The molecule has 0 unspecified atom stereocenters. The van der Waals surface area contributed by atoms with Crippen LogP contribution < -0.4 is 0 Å². The minimum absolute atomic E-state index is 0. The molecule has 1 saturated heterocycles. The zero-order valence-electron chi connectivity index (χ0n) is 10.4. The van der Waals surface area contributed by atoms with Crippen LogP contribution >= 0.6 is 12.4 Å². The van der Waals surface area contributed by atoms with E-state index in [2.05, 4.69) is 18.7 Å². The number of likely N-dealkylation sites (tertiary alicyclic amines) is 1. The maximum Gasteiger partial charge on any atom is 0.303 e. The number of piperidine rings is 1. The van der Waals surface area contributed by atoms with Crippen molar-refractivity contribution in [3.63, 3.8) is 0 Å². The summed E-state index contributed by atoms with van der Waals surface area (Å²) in [5, 5.41) is 8.51. The summed E-state index contributed by atoms with van der Waals surface area (Å²) in [4.78, 5) is 12.8. The van der Waals surface area contributed by atoms with Crippen LogP contribution in [0, 0.1) is 5.41 Å². The zero-order valence-corrected chi connectivity index (χ0v) is 11.2. The summed E-state index contributed by atoms with van der Waals surface area (Å²) in [6.07, 6.45) is 4.69. The number of hydrogen-bond acceptors (Lipinski definition) is 2. The average Bonchev–Trinajstić information content (AvgIpc) is 2.14. The smallest absolute Gasteiger partial charge is 0.303 e. The lowest BCUT2D eigenvalue weighted by Crippen LogP contribution is -2.37.